The van der Waals surface area contributed by atoms with Crippen molar-refractivity contribution < 1.29 is 4.74 Å². The van der Waals surface area contributed by atoms with E-state index < -0.39 is 0 Å². The van der Waals surface area contributed by atoms with E-state index in [1.165, 1.54) is 11.9 Å². The van der Waals surface area contributed by atoms with Gasteiger partial charge in [0.2, 0.25) is 0 Å². The summed E-state index contributed by atoms with van der Waals surface area (Å²) in [5.74, 6) is 2.71. The number of halogens is 1. The van der Waals surface area contributed by atoms with Crippen molar-refractivity contribution in [3.8, 4) is 11.5 Å². The van der Waals surface area contributed by atoms with Crippen LogP contribution in [0.4, 0.5) is 11.6 Å². The van der Waals surface area contributed by atoms with Crippen molar-refractivity contribution in [3.05, 3.63) is 72.1 Å². The average Bonchev–Trinajstić information content (AvgIpc) is 2.75. The topological polar surface area (TPSA) is 91.4 Å². The highest BCUT2D eigenvalue weighted by molar-refractivity contribution is 9.18. The van der Waals surface area contributed by atoms with Crippen LogP contribution in [-0.4, -0.2) is 45.7 Å². The van der Waals surface area contributed by atoms with Gasteiger partial charge in [-0.15, -0.1) is 0 Å². The minimum atomic E-state index is 0.202. The summed E-state index contributed by atoms with van der Waals surface area (Å²) in [6.45, 7) is 4.26. The molecule has 2 heterocycles. The molecule has 0 saturated carbocycles. The molecule has 0 unspecified atom stereocenters. The van der Waals surface area contributed by atoms with Crippen LogP contribution in [0.3, 0.4) is 0 Å². The van der Waals surface area contributed by atoms with Crippen LogP contribution in [0.1, 0.15) is 11.1 Å². The maximum Gasteiger partial charge on any atom is 0.144 e. The number of aromatic nitrogens is 2. The van der Waals surface area contributed by atoms with Crippen molar-refractivity contribution in [2.75, 3.05) is 36.8 Å². The fraction of sp³-hybridized carbons (Fsp3) is 0.227. The summed E-state index contributed by atoms with van der Waals surface area (Å²) in [6.07, 6.45) is 1.45. The first-order valence-corrected chi connectivity index (χ1v) is 10.5. The van der Waals surface area contributed by atoms with Crippen LogP contribution in [0.15, 0.2) is 60.9 Å². The largest absolute Gasteiger partial charge is 0.457 e. The van der Waals surface area contributed by atoms with Crippen LogP contribution >= 0.6 is 15.9 Å². The zero-order chi connectivity index (χ0) is 20.9. The normalized spacial score (nSPS) is 14.5. The number of anilines is 2. The summed E-state index contributed by atoms with van der Waals surface area (Å²) >= 11 is 3.21. The van der Waals surface area contributed by atoms with Crippen molar-refractivity contribution in [1.82, 2.24) is 14.9 Å². The summed E-state index contributed by atoms with van der Waals surface area (Å²) in [5, 5.41) is 7.93. The lowest BCUT2D eigenvalue weighted by Crippen LogP contribution is -2.46. The van der Waals surface area contributed by atoms with Gasteiger partial charge in [0.1, 0.15) is 34.1 Å². The Morgan fingerprint density at radius 2 is 1.73 bits per heavy atom. The minimum Gasteiger partial charge on any atom is -0.457 e. The third-order valence-corrected chi connectivity index (χ3v) is 5.43. The molecule has 0 radical (unpaired) electrons. The fourth-order valence-electron chi connectivity index (χ4n) is 3.55. The maximum absolute atomic E-state index is 7.93. The minimum absolute atomic E-state index is 0.202. The molecule has 0 amide bonds. The van der Waals surface area contributed by atoms with Gasteiger partial charge < -0.3 is 15.4 Å². The number of rotatable bonds is 6. The van der Waals surface area contributed by atoms with Gasteiger partial charge in [-0.05, 0) is 45.8 Å². The monoisotopic (exact) mass is 466 g/mol. The van der Waals surface area contributed by atoms with E-state index in [4.69, 9.17) is 15.9 Å². The number of nitrogens with two attached hydrogens (primary N) is 1. The average molecular weight is 467 g/mol. The Hall–Kier alpha value is -2.97. The second kappa shape index (κ2) is 9.23. The van der Waals surface area contributed by atoms with Crippen molar-refractivity contribution in [2.45, 2.75) is 6.54 Å². The number of ether oxygens (including phenoxy) is 1. The Balaban J connectivity index is 1.38. The predicted molar refractivity (Wildman–Crippen MR) is 123 cm³/mol. The highest BCUT2D eigenvalue weighted by Crippen LogP contribution is 2.26. The van der Waals surface area contributed by atoms with Gasteiger partial charge >= 0.3 is 0 Å². The standard InChI is InChI=1S/C22H23BrN6O/c23-20(24)19-21(25)26-15-27-22(19)29-11-9-28(10-12-29)14-16-5-4-8-18(13-16)30-17-6-2-1-3-7-17/h1-8,13,15,24H,9-12,14H2,(H2,25,26,27). The van der Waals surface area contributed by atoms with E-state index in [2.05, 4.69) is 47.8 Å². The maximum atomic E-state index is 7.93. The molecule has 0 atom stereocenters. The summed E-state index contributed by atoms with van der Waals surface area (Å²) in [7, 11) is 0. The Kier molecular flexibility index (Phi) is 6.25. The molecule has 1 aliphatic heterocycles. The molecule has 2 aromatic carbocycles. The molecule has 0 aliphatic carbocycles. The van der Waals surface area contributed by atoms with Crippen LogP contribution in [0.2, 0.25) is 0 Å². The fourth-order valence-corrected chi connectivity index (χ4v) is 3.93. The zero-order valence-electron chi connectivity index (χ0n) is 16.5. The number of hydrogen-bond donors (Lipinski definition) is 2. The van der Waals surface area contributed by atoms with Gasteiger partial charge in [0.15, 0.2) is 0 Å². The number of benzene rings is 2. The Labute approximate surface area is 184 Å². The number of para-hydroxylation sites is 1. The molecule has 30 heavy (non-hydrogen) atoms. The van der Waals surface area contributed by atoms with E-state index >= 15 is 0 Å². The van der Waals surface area contributed by atoms with Crippen LogP contribution in [0.25, 0.3) is 0 Å². The SMILES string of the molecule is N=C(Br)c1c(N)ncnc1N1CCN(Cc2cccc(Oc3ccccc3)c2)CC1. The Morgan fingerprint density at radius 3 is 2.47 bits per heavy atom. The molecular formula is C22H23BrN6O. The van der Waals surface area contributed by atoms with E-state index in [0.717, 1.165) is 44.2 Å². The zero-order valence-corrected chi connectivity index (χ0v) is 18.0. The van der Waals surface area contributed by atoms with E-state index in [-0.39, 0.29) is 4.62 Å². The lowest BCUT2D eigenvalue weighted by atomic mass is 10.1. The summed E-state index contributed by atoms with van der Waals surface area (Å²) in [4.78, 5) is 13.0. The second-order valence-corrected chi connectivity index (χ2v) is 7.89. The lowest BCUT2D eigenvalue weighted by Gasteiger charge is -2.36. The van der Waals surface area contributed by atoms with E-state index in [1.54, 1.807) is 0 Å². The quantitative estimate of drug-likeness (QED) is 0.535. The number of piperazine rings is 1. The van der Waals surface area contributed by atoms with Gasteiger partial charge in [-0.2, -0.15) is 0 Å². The molecule has 0 bridgehead atoms. The third kappa shape index (κ3) is 4.77. The molecule has 1 fully saturated rings. The van der Waals surface area contributed by atoms with Gasteiger partial charge in [0.05, 0.1) is 5.56 Å². The first-order valence-electron chi connectivity index (χ1n) is 9.74. The molecule has 8 heteroatoms. The van der Waals surface area contributed by atoms with E-state index in [0.29, 0.717) is 17.2 Å². The van der Waals surface area contributed by atoms with Gasteiger partial charge in [-0.1, -0.05) is 30.3 Å². The number of nitrogen functional groups attached to an aromatic ring is 1. The van der Waals surface area contributed by atoms with E-state index in [1.807, 2.05) is 42.5 Å². The first-order chi connectivity index (χ1) is 14.6. The van der Waals surface area contributed by atoms with Crippen LogP contribution in [0, 0.1) is 5.41 Å². The summed E-state index contributed by atoms with van der Waals surface area (Å²) < 4.78 is 6.15. The van der Waals surface area contributed by atoms with Crippen molar-refractivity contribution >= 4 is 32.2 Å². The molecule has 7 nitrogen and oxygen atoms in total. The number of hydrogen-bond acceptors (Lipinski definition) is 7. The molecule has 1 aromatic heterocycles. The van der Waals surface area contributed by atoms with Crippen LogP contribution in [0.5, 0.6) is 11.5 Å². The predicted octanol–water partition coefficient (Wildman–Crippen LogP) is 3.89. The molecule has 1 aliphatic rings. The van der Waals surface area contributed by atoms with Gasteiger partial charge in [0.25, 0.3) is 0 Å². The highest BCUT2D eigenvalue weighted by Gasteiger charge is 2.23. The van der Waals surface area contributed by atoms with Gasteiger partial charge in [-0.3, -0.25) is 10.3 Å². The number of nitrogens with one attached hydrogen (secondary N) is 1. The van der Waals surface area contributed by atoms with Gasteiger partial charge in [0, 0.05) is 32.7 Å². The summed E-state index contributed by atoms with van der Waals surface area (Å²) in [6, 6.07) is 18.0. The summed E-state index contributed by atoms with van der Waals surface area (Å²) in [5.41, 5.74) is 7.72. The molecule has 3 aromatic rings. The molecule has 4 rings (SSSR count). The number of nitrogens with zero attached hydrogens (tertiary/aromatic N) is 4. The smallest absolute Gasteiger partial charge is 0.144 e. The molecular weight excluding hydrogens is 444 g/mol. The molecule has 3 N–H and O–H groups in total. The van der Waals surface area contributed by atoms with Crippen molar-refractivity contribution in [1.29, 1.82) is 5.41 Å². The van der Waals surface area contributed by atoms with E-state index in [9.17, 15) is 0 Å². The van der Waals surface area contributed by atoms with Crippen molar-refractivity contribution in [2.24, 2.45) is 0 Å². The Bertz CT molecular complexity index is 1020. The second-order valence-electron chi connectivity index (χ2n) is 7.10. The third-order valence-electron chi connectivity index (χ3n) is 5.03. The van der Waals surface area contributed by atoms with Crippen molar-refractivity contribution in [3.63, 3.8) is 0 Å². The lowest BCUT2D eigenvalue weighted by molar-refractivity contribution is 0.249. The Morgan fingerprint density at radius 1 is 1.00 bits per heavy atom. The van der Waals surface area contributed by atoms with Crippen LogP contribution in [-0.2, 0) is 6.54 Å². The first kappa shape index (κ1) is 20.3. The molecule has 1 saturated heterocycles. The molecule has 0 spiro atoms. The van der Waals surface area contributed by atoms with Crippen LogP contribution < -0.4 is 15.4 Å². The molecule has 154 valence electrons. The highest BCUT2D eigenvalue weighted by atomic mass is 79.9. The van der Waals surface area contributed by atoms with Gasteiger partial charge in [-0.25, -0.2) is 9.97 Å².